The van der Waals surface area contributed by atoms with Crippen LogP contribution in [-0.4, -0.2) is 31.2 Å². The van der Waals surface area contributed by atoms with Crippen molar-refractivity contribution in [3.8, 4) is 0 Å². The number of nitrogens with one attached hydrogen (secondary N) is 2. The lowest BCUT2D eigenvalue weighted by atomic mass is 9.78. The van der Waals surface area contributed by atoms with Crippen LogP contribution in [0, 0.1) is 5.82 Å². The summed E-state index contributed by atoms with van der Waals surface area (Å²) in [5.41, 5.74) is -0.637. The maximum absolute atomic E-state index is 14.6. The predicted molar refractivity (Wildman–Crippen MR) is 114 cm³/mol. The molecule has 33 heavy (non-hydrogen) atoms. The third kappa shape index (κ3) is 4.35. The molecule has 2 N–H and O–H groups in total. The smallest absolute Gasteiger partial charge is 0.338 e. The fourth-order valence-electron chi connectivity index (χ4n) is 4.54. The summed E-state index contributed by atoms with van der Waals surface area (Å²) < 4.78 is 30.8. The van der Waals surface area contributed by atoms with Gasteiger partial charge in [0.1, 0.15) is 24.2 Å². The lowest BCUT2D eigenvalue weighted by molar-refractivity contribution is -0.150. The van der Waals surface area contributed by atoms with Gasteiger partial charge in [0.15, 0.2) is 0 Å². The first-order valence-corrected chi connectivity index (χ1v) is 10.9. The molecule has 1 aromatic heterocycles. The van der Waals surface area contributed by atoms with Crippen LogP contribution in [0.25, 0.3) is 0 Å². The molecular weight excluding hydrogens is 431 g/mol. The minimum absolute atomic E-state index is 0.0746. The van der Waals surface area contributed by atoms with Crippen molar-refractivity contribution in [2.45, 2.75) is 44.1 Å². The zero-order chi connectivity index (χ0) is 23.4. The number of carbonyl (C=O) groups is 3. The number of urea groups is 1. The molecule has 2 heterocycles. The minimum atomic E-state index is -1.10. The van der Waals surface area contributed by atoms with Crippen molar-refractivity contribution in [3.63, 3.8) is 0 Å². The van der Waals surface area contributed by atoms with Crippen molar-refractivity contribution in [1.82, 2.24) is 10.6 Å². The molecule has 1 aliphatic carbocycles. The fourth-order valence-corrected chi connectivity index (χ4v) is 4.54. The van der Waals surface area contributed by atoms with Gasteiger partial charge in [0.2, 0.25) is 0 Å². The molecule has 0 spiro atoms. The quantitative estimate of drug-likeness (QED) is 0.616. The highest BCUT2D eigenvalue weighted by molar-refractivity contribution is 5.95. The van der Waals surface area contributed by atoms with Crippen molar-refractivity contribution < 1.29 is 32.7 Å². The molecule has 1 atom stereocenters. The molecule has 1 unspecified atom stereocenters. The van der Waals surface area contributed by atoms with E-state index in [4.69, 9.17) is 13.9 Å². The van der Waals surface area contributed by atoms with Crippen LogP contribution in [0.2, 0.25) is 0 Å². The number of benzene rings is 1. The SMILES string of the molecule is CCOC(=O)C1=C(COC(=O)C2(c3ccccc3F)CCCC2)NC(=O)NC1c1ccco1. The summed E-state index contributed by atoms with van der Waals surface area (Å²) in [6.45, 7) is 1.39. The second-order valence-corrected chi connectivity index (χ2v) is 8.00. The number of hydrogen-bond acceptors (Lipinski definition) is 6. The highest BCUT2D eigenvalue weighted by Gasteiger charge is 2.46. The number of ether oxygens (including phenoxy) is 2. The van der Waals surface area contributed by atoms with Gasteiger partial charge in [0.25, 0.3) is 0 Å². The van der Waals surface area contributed by atoms with E-state index in [-0.39, 0.29) is 24.5 Å². The van der Waals surface area contributed by atoms with Crippen LogP contribution in [-0.2, 0) is 24.5 Å². The van der Waals surface area contributed by atoms with E-state index in [0.717, 1.165) is 12.8 Å². The third-order valence-corrected chi connectivity index (χ3v) is 6.06. The van der Waals surface area contributed by atoms with Crippen molar-refractivity contribution in [3.05, 3.63) is 71.1 Å². The highest BCUT2D eigenvalue weighted by Crippen LogP contribution is 2.43. The summed E-state index contributed by atoms with van der Waals surface area (Å²) in [6, 6.07) is 7.94. The normalized spacial score (nSPS) is 19.6. The van der Waals surface area contributed by atoms with Crippen LogP contribution in [0.4, 0.5) is 9.18 Å². The summed E-state index contributed by atoms with van der Waals surface area (Å²) >= 11 is 0. The third-order valence-electron chi connectivity index (χ3n) is 6.06. The van der Waals surface area contributed by atoms with E-state index in [9.17, 15) is 18.8 Å². The van der Waals surface area contributed by atoms with Gasteiger partial charge in [-0.1, -0.05) is 31.0 Å². The number of furan rings is 1. The number of halogens is 1. The number of amides is 2. The van der Waals surface area contributed by atoms with Crippen LogP contribution in [0.3, 0.4) is 0 Å². The van der Waals surface area contributed by atoms with Crippen LogP contribution in [0.5, 0.6) is 0 Å². The largest absolute Gasteiger partial charge is 0.467 e. The van der Waals surface area contributed by atoms with Crippen LogP contribution >= 0.6 is 0 Å². The lowest BCUT2D eigenvalue weighted by Crippen LogP contribution is -2.47. The predicted octanol–water partition coefficient (Wildman–Crippen LogP) is 3.65. The molecule has 4 rings (SSSR count). The van der Waals surface area contributed by atoms with Gasteiger partial charge in [-0.2, -0.15) is 0 Å². The molecule has 2 amide bonds. The van der Waals surface area contributed by atoms with Crippen molar-refractivity contribution >= 4 is 18.0 Å². The average Bonchev–Trinajstić information content (AvgIpc) is 3.50. The van der Waals surface area contributed by atoms with Gasteiger partial charge in [-0.3, -0.25) is 4.79 Å². The fraction of sp³-hybridized carbons (Fsp3) is 0.375. The zero-order valence-electron chi connectivity index (χ0n) is 18.2. The molecule has 1 aromatic carbocycles. The Morgan fingerprint density at radius 1 is 1.15 bits per heavy atom. The maximum atomic E-state index is 14.6. The molecule has 2 aromatic rings. The van der Waals surface area contributed by atoms with Crippen LogP contribution in [0.1, 0.15) is 50.0 Å². The Balaban J connectivity index is 1.64. The Hall–Kier alpha value is -3.62. The summed E-state index contributed by atoms with van der Waals surface area (Å²) in [5, 5.41) is 5.17. The van der Waals surface area contributed by atoms with E-state index in [1.54, 1.807) is 37.3 Å². The topological polar surface area (TPSA) is 107 Å². The monoisotopic (exact) mass is 456 g/mol. The summed E-state index contributed by atoms with van der Waals surface area (Å²) in [4.78, 5) is 38.3. The molecule has 0 bridgehead atoms. The van der Waals surface area contributed by atoms with Crippen LogP contribution < -0.4 is 10.6 Å². The van der Waals surface area contributed by atoms with E-state index in [1.807, 2.05) is 0 Å². The number of esters is 2. The van der Waals surface area contributed by atoms with Gasteiger partial charge in [-0.05, 0) is 38.0 Å². The van der Waals surface area contributed by atoms with E-state index < -0.39 is 35.2 Å². The van der Waals surface area contributed by atoms with Crippen molar-refractivity contribution in [2.24, 2.45) is 0 Å². The first kappa shape index (κ1) is 22.6. The zero-order valence-corrected chi connectivity index (χ0v) is 18.2. The molecule has 1 aliphatic heterocycles. The van der Waals surface area contributed by atoms with E-state index >= 15 is 0 Å². The first-order valence-electron chi connectivity index (χ1n) is 10.9. The lowest BCUT2D eigenvalue weighted by Gasteiger charge is -2.30. The highest BCUT2D eigenvalue weighted by atomic mass is 19.1. The molecule has 1 fully saturated rings. The molecule has 0 radical (unpaired) electrons. The standard InChI is InChI=1S/C24H25FN2O6/c1-2-31-21(28)19-17(26-23(30)27-20(19)18-10-7-13-32-18)14-33-22(29)24(11-5-6-12-24)15-8-3-4-9-16(15)25/h3-4,7-10,13,20H,2,5-6,11-12,14H2,1H3,(H2,26,27,30). The van der Waals surface area contributed by atoms with Gasteiger partial charge in [0, 0.05) is 5.56 Å². The molecule has 9 heteroatoms. The van der Waals surface area contributed by atoms with Gasteiger partial charge >= 0.3 is 18.0 Å². The Labute approximate surface area is 190 Å². The number of hydrogen-bond donors (Lipinski definition) is 2. The molecule has 174 valence electrons. The molecular formula is C24H25FN2O6. The van der Waals surface area contributed by atoms with E-state index in [1.165, 1.54) is 12.3 Å². The molecule has 0 saturated heterocycles. The Morgan fingerprint density at radius 2 is 1.91 bits per heavy atom. The molecule has 1 saturated carbocycles. The van der Waals surface area contributed by atoms with Gasteiger partial charge < -0.3 is 24.5 Å². The summed E-state index contributed by atoms with van der Waals surface area (Å²) in [5.74, 6) is -1.41. The Kier molecular flexibility index (Phi) is 6.48. The molecule has 8 nitrogen and oxygen atoms in total. The molecule has 2 aliphatic rings. The average molecular weight is 456 g/mol. The van der Waals surface area contributed by atoms with Gasteiger partial charge in [-0.25, -0.2) is 14.0 Å². The number of rotatable bonds is 7. The van der Waals surface area contributed by atoms with Crippen molar-refractivity contribution in [1.29, 1.82) is 0 Å². The maximum Gasteiger partial charge on any atom is 0.338 e. The Bertz CT molecular complexity index is 1070. The minimum Gasteiger partial charge on any atom is -0.467 e. The van der Waals surface area contributed by atoms with E-state index in [2.05, 4.69) is 10.6 Å². The summed E-state index contributed by atoms with van der Waals surface area (Å²) in [7, 11) is 0. The first-order chi connectivity index (χ1) is 16.0. The van der Waals surface area contributed by atoms with Gasteiger partial charge in [0.05, 0.1) is 29.6 Å². The van der Waals surface area contributed by atoms with Crippen molar-refractivity contribution in [2.75, 3.05) is 13.2 Å². The Morgan fingerprint density at radius 3 is 2.58 bits per heavy atom. The van der Waals surface area contributed by atoms with E-state index in [0.29, 0.717) is 24.2 Å². The van der Waals surface area contributed by atoms with Crippen LogP contribution in [0.15, 0.2) is 58.3 Å². The second-order valence-electron chi connectivity index (χ2n) is 8.00. The number of carbonyl (C=O) groups excluding carboxylic acids is 3. The summed E-state index contributed by atoms with van der Waals surface area (Å²) in [6.07, 6.45) is 3.87. The second kappa shape index (κ2) is 9.48. The van der Waals surface area contributed by atoms with Gasteiger partial charge in [-0.15, -0.1) is 0 Å².